The van der Waals surface area contributed by atoms with Gasteiger partial charge in [0, 0.05) is 17.7 Å². The summed E-state index contributed by atoms with van der Waals surface area (Å²) in [4.78, 5) is 30.3. The molecule has 0 saturated carbocycles. The Hall–Kier alpha value is -3.98. The van der Waals surface area contributed by atoms with Gasteiger partial charge in [0.15, 0.2) is 0 Å². The number of nitrogens with two attached hydrogens (primary N) is 1. The molecule has 2 N–H and O–H groups in total. The molecule has 3 aromatic rings. The molecule has 1 saturated heterocycles. The third kappa shape index (κ3) is 4.69. The van der Waals surface area contributed by atoms with Crippen LogP contribution in [0, 0.1) is 11.6 Å². The van der Waals surface area contributed by atoms with Gasteiger partial charge in [0.05, 0.1) is 25.9 Å². The molecule has 34 heavy (non-hydrogen) atoms. The predicted octanol–water partition coefficient (Wildman–Crippen LogP) is 4.50. The maximum atomic E-state index is 14.3. The smallest absolute Gasteiger partial charge is 0.334 e. The number of rotatable bonds is 7. The summed E-state index contributed by atoms with van der Waals surface area (Å²) in [6.45, 7) is -0.670. The van der Waals surface area contributed by atoms with Gasteiger partial charge >= 0.3 is 12.1 Å². The Morgan fingerprint density at radius 3 is 2.29 bits per heavy atom. The van der Waals surface area contributed by atoms with Gasteiger partial charge < -0.3 is 15.4 Å². The lowest BCUT2D eigenvalue weighted by Gasteiger charge is -2.41. The van der Waals surface area contributed by atoms with E-state index < -0.39 is 29.7 Å². The fourth-order valence-electron chi connectivity index (χ4n) is 3.81. The zero-order valence-corrected chi connectivity index (χ0v) is 18.5. The van der Waals surface area contributed by atoms with Crippen LogP contribution in [0.5, 0.6) is 5.75 Å². The number of methoxy groups -OCH3 is 1. The van der Waals surface area contributed by atoms with Crippen molar-refractivity contribution in [3.63, 3.8) is 0 Å². The van der Waals surface area contributed by atoms with Crippen LogP contribution in [0.1, 0.15) is 17.2 Å². The second-order valence-corrected chi connectivity index (χ2v) is 7.86. The van der Waals surface area contributed by atoms with Gasteiger partial charge in [-0.05, 0) is 29.8 Å². The maximum Gasteiger partial charge on any atom is 0.334 e. The third-order valence-electron chi connectivity index (χ3n) is 5.66. The molecule has 176 valence electrons. The summed E-state index contributed by atoms with van der Waals surface area (Å²) >= 11 is 0. The van der Waals surface area contributed by atoms with Crippen molar-refractivity contribution >= 4 is 17.7 Å². The minimum absolute atomic E-state index is 0.113. The standard InChI is InChI=1S/C25H24F2N4O3/c1-34-19-10-5-9-18(13-19)31-16-29(14-20-21(26)11-6-12-22(20)27)24(32)30(25(31)33)15-23(28)17-7-3-2-4-8-17/h2-13,23H,14-16,28H2,1H3/t23-/m0/s1. The molecule has 4 rings (SSSR count). The van der Waals surface area contributed by atoms with Gasteiger partial charge in [0.25, 0.3) is 0 Å². The first-order valence-electron chi connectivity index (χ1n) is 10.6. The number of benzene rings is 3. The number of halogens is 2. The summed E-state index contributed by atoms with van der Waals surface area (Å²) in [5.74, 6) is -1.03. The second-order valence-electron chi connectivity index (χ2n) is 7.86. The molecule has 1 heterocycles. The third-order valence-corrected chi connectivity index (χ3v) is 5.66. The van der Waals surface area contributed by atoms with Crippen LogP contribution in [-0.4, -0.2) is 42.2 Å². The van der Waals surface area contributed by atoms with Crippen LogP contribution in [0.4, 0.5) is 24.1 Å². The number of nitrogens with zero attached hydrogens (tertiary/aromatic N) is 3. The molecule has 0 radical (unpaired) electrons. The minimum atomic E-state index is -0.773. The Balaban J connectivity index is 1.68. The second kappa shape index (κ2) is 9.88. The van der Waals surface area contributed by atoms with E-state index in [2.05, 4.69) is 0 Å². The van der Waals surface area contributed by atoms with Gasteiger partial charge in [-0.15, -0.1) is 0 Å². The van der Waals surface area contributed by atoms with E-state index in [1.165, 1.54) is 23.0 Å². The highest BCUT2D eigenvalue weighted by Crippen LogP contribution is 2.28. The number of anilines is 1. The highest BCUT2D eigenvalue weighted by molar-refractivity contribution is 6.04. The Labute approximate surface area is 195 Å². The lowest BCUT2D eigenvalue weighted by atomic mass is 10.1. The monoisotopic (exact) mass is 466 g/mol. The summed E-state index contributed by atoms with van der Waals surface area (Å²) < 4.78 is 33.9. The fourth-order valence-corrected chi connectivity index (χ4v) is 3.81. The van der Waals surface area contributed by atoms with Crippen molar-refractivity contribution in [3.05, 3.63) is 95.6 Å². The van der Waals surface area contributed by atoms with Gasteiger partial charge in [-0.3, -0.25) is 4.90 Å². The molecule has 1 aliphatic rings. The number of hydrogen-bond donors (Lipinski definition) is 1. The van der Waals surface area contributed by atoms with Gasteiger partial charge in [-0.25, -0.2) is 23.3 Å². The van der Waals surface area contributed by atoms with Crippen LogP contribution in [-0.2, 0) is 6.54 Å². The van der Waals surface area contributed by atoms with Crippen molar-refractivity contribution < 1.29 is 23.1 Å². The number of hydrogen-bond acceptors (Lipinski definition) is 4. The van der Waals surface area contributed by atoms with E-state index in [9.17, 15) is 18.4 Å². The Bertz CT molecular complexity index is 1170. The van der Waals surface area contributed by atoms with E-state index in [1.807, 2.05) is 18.2 Å². The van der Waals surface area contributed by atoms with Crippen LogP contribution in [0.15, 0.2) is 72.8 Å². The van der Waals surface area contributed by atoms with Crippen molar-refractivity contribution in [3.8, 4) is 5.75 Å². The summed E-state index contributed by atoms with van der Waals surface area (Å²) in [5.41, 5.74) is 7.25. The van der Waals surface area contributed by atoms with Gasteiger partial charge in [0.2, 0.25) is 0 Å². The highest BCUT2D eigenvalue weighted by Gasteiger charge is 2.39. The summed E-state index contributed by atoms with van der Waals surface area (Å²) in [6.07, 6.45) is 0. The van der Waals surface area contributed by atoms with Crippen LogP contribution < -0.4 is 15.4 Å². The molecule has 1 fully saturated rings. The summed E-state index contributed by atoms with van der Waals surface area (Å²) in [5, 5.41) is 0. The average Bonchev–Trinajstić information content (AvgIpc) is 2.85. The van der Waals surface area contributed by atoms with Crippen molar-refractivity contribution in [2.24, 2.45) is 5.73 Å². The zero-order valence-electron chi connectivity index (χ0n) is 18.5. The summed E-state index contributed by atoms with van der Waals surface area (Å²) in [6, 6.07) is 17.4. The topological polar surface area (TPSA) is 79.1 Å². The number of ether oxygens (including phenoxy) is 1. The molecule has 0 bridgehead atoms. The van der Waals surface area contributed by atoms with Gasteiger partial charge in [0.1, 0.15) is 24.1 Å². The van der Waals surface area contributed by atoms with Gasteiger partial charge in [-0.1, -0.05) is 42.5 Å². The molecule has 7 nitrogen and oxygen atoms in total. The molecule has 3 aromatic carbocycles. The molecule has 4 amide bonds. The number of urea groups is 2. The predicted molar refractivity (Wildman–Crippen MR) is 123 cm³/mol. The number of carbonyl (C=O) groups is 2. The minimum Gasteiger partial charge on any atom is -0.497 e. The van der Waals surface area contributed by atoms with Crippen LogP contribution in [0.2, 0.25) is 0 Å². The van der Waals surface area contributed by atoms with Crippen LogP contribution in [0.3, 0.4) is 0 Å². The van der Waals surface area contributed by atoms with E-state index >= 15 is 0 Å². The van der Waals surface area contributed by atoms with Crippen molar-refractivity contribution in [1.29, 1.82) is 0 Å². The lowest BCUT2D eigenvalue weighted by Crippen LogP contribution is -2.62. The molecule has 9 heteroatoms. The Kier molecular flexibility index (Phi) is 6.74. The van der Waals surface area contributed by atoms with Crippen LogP contribution >= 0.6 is 0 Å². The molecule has 0 aliphatic carbocycles. The van der Waals surface area contributed by atoms with E-state index in [0.717, 1.165) is 22.6 Å². The van der Waals surface area contributed by atoms with E-state index in [1.54, 1.807) is 36.4 Å². The Morgan fingerprint density at radius 1 is 0.941 bits per heavy atom. The zero-order chi connectivity index (χ0) is 24.2. The molecule has 1 atom stereocenters. The maximum absolute atomic E-state index is 14.3. The number of amides is 4. The SMILES string of the molecule is COc1cccc(N2CN(Cc3c(F)cccc3F)C(=O)N(C[C@H](N)c3ccccc3)C2=O)c1. The number of carbonyl (C=O) groups excluding carboxylic acids is 2. The highest BCUT2D eigenvalue weighted by atomic mass is 19.1. The molecule has 1 aliphatic heterocycles. The number of imide groups is 1. The fraction of sp³-hybridized carbons (Fsp3) is 0.200. The van der Waals surface area contributed by atoms with E-state index in [0.29, 0.717) is 11.4 Å². The van der Waals surface area contributed by atoms with Crippen LogP contribution in [0.25, 0.3) is 0 Å². The average molecular weight is 466 g/mol. The first kappa shape index (κ1) is 23.2. The first-order valence-corrected chi connectivity index (χ1v) is 10.6. The normalized spacial score (nSPS) is 15.0. The van der Waals surface area contributed by atoms with E-state index in [4.69, 9.17) is 10.5 Å². The molecule has 0 spiro atoms. The molecular formula is C25H24F2N4O3. The van der Waals surface area contributed by atoms with Crippen molar-refractivity contribution in [2.45, 2.75) is 12.6 Å². The van der Waals surface area contributed by atoms with Gasteiger partial charge in [-0.2, -0.15) is 0 Å². The quantitative estimate of drug-likeness (QED) is 0.556. The largest absolute Gasteiger partial charge is 0.497 e. The Morgan fingerprint density at radius 2 is 1.62 bits per heavy atom. The molecule has 0 unspecified atom stereocenters. The van der Waals surface area contributed by atoms with Crippen molar-refractivity contribution in [1.82, 2.24) is 9.80 Å². The first-order chi connectivity index (χ1) is 16.4. The lowest BCUT2D eigenvalue weighted by molar-refractivity contribution is 0.134. The molecule has 0 aromatic heterocycles. The molecular weight excluding hydrogens is 442 g/mol. The summed E-state index contributed by atoms with van der Waals surface area (Å²) in [7, 11) is 1.50. The van der Waals surface area contributed by atoms with Crippen molar-refractivity contribution in [2.75, 3.05) is 25.2 Å². The van der Waals surface area contributed by atoms with E-state index in [-0.39, 0.29) is 25.3 Å².